The fourth-order valence-corrected chi connectivity index (χ4v) is 2.85. The third-order valence-corrected chi connectivity index (χ3v) is 4.04. The molecule has 118 valence electrons. The predicted octanol–water partition coefficient (Wildman–Crippen LogP) is -0.574. The largest absolute Gasteiger partial charge is 0.394 e. The Morgan fingerprint density at radius 1 is 1.14 bits per heavy atom. The van der Waals surface area contributed by atoms with Crippen LogP contribution in [0.15, 0.2) is 30.5 Å². The first kappa shape index (κ1) is 15.1. The van der Waals surface area contributed by atoms with Crippen molar-refractivity contribution in [3.05, 3.63) is 36.0 Å². The molecule has 22 heavy (non-hydrogen) atoms. The summed E-state index contributed by atoms with van der Waals surface area (Å²) in [4.78, 5) is 11.2. The van der Waals surface area contributed by atoms with Gasteiger partial charge in [-0.25, -0.2) is 0 Å². The number of hydrogen-bond acceptors (Lipinski definition) is 6. The molecule has 0 aliphatic carbocycles. The van der Waals surface area contributed by atoms with Crippen LogP contribution >= 0.6 is 0 Å². The molecule has 7 nitrogen and oxygen atoms in total. The molecular weight excluding hydrogens is 290 g/mol. The number of para-hydroxylation sites is 1. The Morgan fingerprint density at radius 3 is 2.55 bits per heavy atom. The standard InChI is InChI=1S/C15H17NO6/c17-6-8-5-16(10-4-2-1-3-9(8)10)15-14(21)13(20)12(19)11(7-18)22-15/h1-6,11-15,18-21H,7H2/t11-,12+,13-,14+,15+/m0/s1. The molecule has 5 atom stereocenters. The lowest BCUT2D eigenvalue weighted by Crippen LogP contribution is -2.56. The van der Waals surface area contributed by atoms with Gasteiger partial charge in [0, 0.05) is 17.1 Å². The van der Waals surface area contributed by atoms with Crippen molar-refractivity contribution in [2.45, 2.75) is 30.6 Å². The minimum atomic E-state index is -1.46. The topological polar surface area (TPSA) is 112 Å². The van der Waals surface area contributed by atoms with Crippen LogP contribution < -0.4 is 0 Å². The molecule has 4 N–H and O–H groups in total. The minimum absolute atomic E-state index is 0.424. The highest BCUT2D eigenvalue weighted by Crippen LogP contribution is 2.32. The molecule has 7 heteroatoms. The van der Waals surface area contributed by atoms with E-state index in [2.05, 4.69) is 0 Å². The molecule has 1 saturated heterocycles. The number of fused-ring (bicyclic) bond motifs is 1. The highest BCUT2D eigenvalue weighted by molar-refractivity contribution is 5.97. The zero-order valence-corrected chi connectivity index (χ0v) is 11.6. The molecule has 2 aromatic rings. The Labute approximate surface area is 126 Å². The number of aldehydes is 1. The number of hydrogen-bond donors (Lipinski definition) is 4. The Kier molecular flexibility index (Phi) is 3.98. The van der Waals surface area contributed by atoms with E-state index >= 15 is 0 Å². The first-order valence-electron chi connectivity index (χ1n) is 6.93. The Balaban J connectivity index is 2.08. The lowest BCUT2D eigenvalue weighted by atomic mass is 9.98. The lowest BCUT2D eigenvalue weighted by molar-refractivity contribution is -0.250. The van der Waals surface area contributed by atoms with Crippen molar-refractivity contribution in [3.63, 3.8) is 0 Å². The van der Waals surface area contributed by atoms with Gasteiger partial charge in [0.25, 0.3) is 0 Å². The molecule has 1 aliphatic rings. The van der Waals surface area contributed by atoms with E-state index in [4.69, 9.17) is 4.74 Å². The highest BCUT2D eigenvalue weighted by Gasteiger charge is 2.44. The Hall–Kier alpha value is -1.77. The van der Waals surface area contributed by atoms with Crippen LogP contribution in [-0.2, 0) is 4.74 Å². The number of nitrogens with zero attached hydrogens (tertiary/aromatic N) is 1. The molecular formula is C15H17NO6. The van der Waals surface area contributed by atoms with E-state index in [0.29, 0.717) is 22.8 Å². The van der Waals surface area contributed by atoms with Crippen molar-refractivity contribution >= 4 is 17.2 Å². The zero-order valence-electron chi connectivity index (χ0n) is 11.6. The smallest absolute Gasteiger partial charge is 0.163 e. The van der Waals surface area contributed by atoms with Gasteiger partial charge in [0.1, 0.15) is 24.4 Å². The summed E-state index contributed by atoms with van der Waals surface area (Å²) in [5.41, 5.74) is 1.07. The monoisotopic (exact) mass is 307 g/mol. The summed E-state index contributed by atoms with van der Waals surface area (Å²) in [5, 5.41) is 39.8. The maximum atomic E-state index is 11.2. The van der Waals surface area contributed by atoms with Crippen LogP contribution in [0.2, 0.25) is 0 Å². The van der Waals surface area contributed by atoms with E-state index in [9.17, 15) is 25.2 Å². The summed E-state index contributed by atoms with van der Waals surface area (Å²) >= 11 is 0. The predicted molar refractivity (Wildman–Crippen MR) is 76.3 cm³/mol. The fourth-order valence-electron chi connectivity index (χ4n) is 2.85. The van der Waals surface area contributed by atoms with E-state index < -0.39 is 37.3 Å². The highest BCUT2D eigenvalue weighted by atomic mass is 16.6. The summed E-state index contributed by atoms with van der Waals surface area (Å²) in [6.07, 6.45) is -4.07. The van der Waals surface area contributed by atoms with Crippen molar-refractivity contribution in [1.82, 2.24) is 4.57 Å². The number of aliphatic hydroxyl groups excluding tert-OH is 4. The van der Waals surface area contributed by atoms with Gasteiger partial charge in [-0.05, 0) is 6.07 Å². The van der Waals surface area contributed by atoms with Crippen LogP contribution in [0, 0.1) is 0 Å². The lowest BCUT2D eigenvalue weighted by Gasteiger charge is -2.40. The molecule has 1 fully saturated rings. The van der Waals surface area contributed by atoms with Gasteiger partial charge in [-0.3, -0.25) is 4.79 Å². The van der Waals surface area contributed by atoms with Crippen LogP contribution in [0.5, 0.6) is 0 Å². The molecule has 1 aromatic heterocycles. The van der Waals surface area contributed by atoms with Crippen LogP contribution in [0.25, 0.3) is 10.9 Å². The van der Waals surface area contributed by atoms with E-state index in [1.165, 1.54) is 10.8 Å². The van der Waals surface area contributed by atoms with Gasteiger partial charge < -0.3 is 29.7 Å². The number of aliphatic hydroxyl groups is 4. The summed E-state index contributed by atoms with van der Waals surface area (Å²) in [7, 11) is 0. The van der Waals surface area contributed by atoms with Crippen molar-refractivity contribution in [1.29, 1.82) is 0 Å². The average molecular weight is 307 g/mol. The summed E-state index contributed by atoms with van der Waals surface area (Å²) in [6, 6.07) is 7.08. The van der Waals surface area contributed by atoms with Crippen LogP contribution in [0.4, 0.5) is 0 Å². The molecule has 1 aliphatic heterocycles. The third-order valence-electron chi connectivity index (χ3n) is 4.04. The molecule has 0 amide bonds. The maximum absolute atomic E-state index is 11.2. The van der Waals surface area contributed by atoms with Gasteiger partial charge in [0.05, 0.1) is 12.1 Å². The van der Waals surface area contributed by atoms with Crippen molar-refractivity contribution in [3.8, 4) is 0 Å². The second-order valence-electron chi connectivity index (χ2n) is 5.35. The van der Waals surface area contributed by atoms with Gasteiger partial charge in [-0.1, -0.05) is 18.2 Å². The Morgan fingerprint density at radius 2 is 1.86 bits per heavy atom. The quantitative estimate of drug-likeness (QED) is 0.565. The molecule has 0 bridgehead atoms. The van der Waals surface area contributed by atoms with Crippen molar-refractivity contribution in [2.24, 2.45) is 0 Å². The van der Waals surface area contributed by atoms with E-state index in [-0.39, 0.29) is 0 Å². The normalized spacial score (nSPS) is 32.3. The molecule has 0 unspecified atom stereocenters. The summed E-state index contributed by atoms with van der Waals surface area (Å²) < 4.78 is 7.05. The third kappa shape index (κ3) is 2.23. The summed E-state index contributed by atoms with van der Waals surface area (Å²) in [5.74, 6) is 0. The number of carbonyl (C=O) groups is 1. The second kappa shape index (κ2) is 5.79. The van der Waals surface area contributed by atoms with Crippen LogP contribution in [0.1, 0.15) is 16.6 Å². The number of carbonyl (C=O) groups excluding carboxylic acids is 1. The summed E-state index contributed by atoms with van der Waals surface area (Å²) in [6.45, 7) is -0.499. The van der Waals surface area contributed by atoms with Crippen molar-refractivity contribution < 1.29 is 30.0 Å². The number of aromatic nitrogens is 1. The molecule has 1 aromatic carbocycles. The molecule has 0 saturated carbocycles. The maximum Gasteiger partial charge on any atom is 0.163 e. The molecule has 2 heterocycles. The number of rotatable bonds is 3. The van der Waals surface area contributed by atoms with E-state index in [1.807, 2.05) is 0 Å². The second-order valence-corrected chi connectivity index (χ2v) is 5.35. The molecule has 3 rings (SSSR count). The van der Waals surface area contributed by atoms with Gasteiger partial charge >= 0.3 is 0 Å². The van der Waals surface area contributed by atoms with Gasteiger partial charge in [-0.2, -0.15) is 0 Å². The zero-order chi connectivity index (χ0) is 15.9. The molecule has 0 radical (unpaired) electrons. The van der Waals surface area contributed by atoms with Gasteiger partial charge in [0.2, 0.25) is 0 Å². The van der Waals surface area contributed by atoms with Gasteiger partial charge in [-0.15, -0.1) is 0 Å². The molecule has 0 spiro atoms. The minimum Gasteiger partial charge on any atom is -0.394 e. The first-order valence-corrected chi connectivity index (χ1v) is 6.93. The van der Waals surface area contributed by atoms with E-state index in [0.717, 1.165) is 0 Å². The van der Waals surface area contributed by atoms with E-state index in [1.54, 1.807) is 24.3 Å². The van der Waals surface area contributed by atoms with Crippen LogP contribution in [0.3, 0.4) is 0 Å². The van der Waals surface area contributed by atoms with Gasteiger partial charge in [0.15, 0.2) is 12.5 Å². The Bertz CT molecular complexity index is 682. The fraction of sp³-hybridized carbons (Fsp3) is 0.400. The number of benzene rings is 1. The first-order chi connectivity index (χ1) is 10.6. The van der Waals surface area contributed by atoms with Crippen molar-refractivity contribution in [2.75, 3.05) is 6.61 Å². The van der Waals surface area contributed by atoms with Crippen LogP contribution in [-0.4, -0.2) is 62.3 Å². The number of ether oxygens (including phenoxy) is 1. The SMILES string of the molecule is O=Cc1cn([C@@H]2O[C@@H](CO)[C@@H](O)[C@H](O)[C@H]2O)c2ccccc12. The average Bonchev–Trinajstić information content (AvgIpc) is 2.92.